The number of aryl methyl sites for hydroxylation is 1. The second kappa shape index (κ2) is 12.2. The van der Waals surface area contributed by atoms with Crippen LogP contribution in [0.3, 0.4) is 0 Å². The van der Waals surface area contributed by atoms with E-state index in [2.05, 4.69) is 153 Å². The third kappa shape index (κ3) is 4.89. The number of anilines is 3. The molecule has 0 fully saturated rings. The SMILES string of the molecule is CC.CCC(C)c1cccc(N(c2ccccc2)c2ccccc2)c1-c1c(C)c2ccccc2c2ccccc12. The molecule has 0 bridgehead atoms. The number of nitrogens with zero attached hydrogens (tertiary/aromatic N) is 1. The average molecular weight is 522 g/mol. The lowest BCUT2D eigenvalue weighted by atomic mass is 9.82. The van der Waals surface area contributed by atoms with E-state index in [-0.39, 0.29) is 0 Å². The molecule has 0 amide bonds. The molecule has 6 aromatic carbocycles. The highest BCUT2D eigenvalue weighted by molar-refractivity contribution is 6.17. The second-order valence-corrected chi connectivity index (χ2v) is 10.1. The number of rotatable bonds is 6. The summed E-state index contributed by atoms with van der Waals surface area (Å²) in [4.78, 5) is 2.42. The van der Waals surface area contributed by atoms with Gasteiger partial charge in [0.2, 0.25) is 0 Å². The summed E-state index contributed by atoms with van der Waals surface area (Å²) in [6, 6.07) is 46.1. The lowest BCUT2D eigenvalue weighted by Gasteiger charge is -2.31. The maximum Gasteiger partial charge on any atom is 0.0543 e. The Labute approximate surface area is 239 Å². The predicted octanol–water partition coefficient (Wildman–Crippen LogP) is 12.0. The Hall–Kier alpha value is -4.36. The first-order chi connectivity index (χ1) is 19.7. The van der Waals surface area contributed by atoms with E-state index >= 15 is 0 Å². The first kappa shape index (κ1) is 27.2. The van der Waals surface area contributed by atoms with Crippen molar-refractivity contribution in [3.63, 3.8) is 0 Å². The second-order valence-electron chi connectivity index (χ2n) is 10.1. The molecule has 0 heterocycles. The van der Waals surface area contributed by atoms with Gasteiger partial charge in [0.1, 0.15) is 0 Å². The largest absolute Gasteiger partial charge is 0.310 e. The zero-order valence-electron chi connectivity index (χ0n) is 24.4. The lowest BCUT2D eigenvalue weighted by Crippen LogP contribution is -2.13. The lowest BCUT2D eigenvalue weighted by molar-refractivity contribution is 0.735. The number of hydrogen-bond donors (Lipinski definition) is 0. The molecule has 6 aromatic rings. The molecular weight excluding hydrogens is 482 g/mol. The van der Waals surface area contributed by atoms with Crippen LogP contribution in [0, 0.1) is 6.92 Å². The van der Waals surface area contributed by atoms with Crippen molar-refractivity contribution in [2.45, 2.75) is 47.0 Å². The summed E-state index contributed by atoms with van der Waals surface area (Å²) in [6.07, 6.45) is 1.08. The van der Waals surface area contributed by atoms with E-state index < -0.39 is 0 Å². The van der Waals surface area contributed by atoms with Gasteiger partial charge in [0.15, 0.2) is 0 Å². The first-order valence-electron chi connectivity index (χ1n) is 14.6. The van der Waals surface area contributed by atoms with Gasteiger partial charge in [0.05, 0.1) is 5.69 Å². The van der Waals surface area contributed by atoms with E-state index in [4.69, 9.17) is 0 Å². The van der Waals surface area contributed by atoms with E-state index in [0.717, 1.165) is 17.8 Å². The summed E-state index contributed by atoms with van der Waals surface area (Å²) in [7, 11) is 0. The van der Waals surface area contributed by atoms with Gasteiger partial charge in [-0.15, -0.1) is 0 Å². The molecule has 0 saturated heterocycles. The Bertz CT molecular complexity index is 1680. The van der Waals surface area contributed by atoms with Gasteiger partial charge < -0.3 is 4.90 Å². The van der Waals surface area contributed by atoms with Crippen molar-refractivity contribution in [1.29, 1.82) is 0 Å². The Balaban J connectivity index is 0.00000158. The molecule has 1 nitrogen and oxygen atoms in total. The molecule has 1 atom stereocenters. The summed E-state index contributed by atoms with van der Waals surface area (Å²) in [5.74, 6) is 0.419. The quantitative estimate of drug-likeness (QED) is 0.197. The van der Waals surface area contributed by atoms with Gasteiger partial charge in [-0.2, -0.15) is 0 Å². The van der Waals surface area contributed by atoms with Gasteiger partial charge in [-0.25, -0.2) is 0 Å². The van der Waals surface area contributed by atoms with Crippen LogP contribution in [0.4, 0.5) is 17.1 Å². The van der Waals surface area contributed by atoms with Crippen molar-refractivity contribution in [2.75, 3.05) is 4.90 Å². The summed E-state index contributed by atoms with van der Waals surface area (Å²) < 4.78 is 0. The molecule has 1 heteroatoms. The highest BCUT2D eigenvalue weighted by Gasteiger charge is 2.24. The molecule has 40 heavy (non-hydrogen) atoms. The van der Waals surface area contributed by atoms with Crippen molar-refractivity contribution in [3.8, 4) is 11.1 Å². The Morgan fingerprint density at radius 1 is 0.525 bits per heavy atom. The monoisotopic (exact) mass is 521 g/mol. The molecule has 0 aliphatic carbocycles. The normalized spacial score (nSPS) is 11.6. The minimum atomic E-state index is 0.419. The van der Waals surface area contributed by atoms with E-state index in [1.54, 1.807) is 0 Å². The fourth-order valence-corrected chi connectivity index (χ4v) is 5.87. The molecular formula is C39H39N. The molecule has 0 radical (unpaired) electrons. The molecule has 0 aromatic heterocycles. The Morgan fingerprint density at radius 3 is 1.55 bits per heavy atom. The zero-order chi connectivity index (χ0) is 28.1. The third-order valence-corrected chi connectivity index (χ3v) is 7.93. The van der Waals surface area contributed by atoms with Gasteiger partial charge in [-0.1, -0.05) is 125 Å². The number of para-hydroxylation sites is 2. The van der Waals surface area contributed by atoms with Crippen molar-refractivity contribution in [2.24, 2.45) is 0 Å². The predicted molar refractivity (Wildman–Crippen MR) is 176 cm³/mol. The van der Waals surface area contributed by atoms with E-state index in [9.17, 15) is 0 Å². The topological polar surface area (TPSA) is 3.24 Å². The summed E-state index contributed by atoms with van der Waals surface area (Å²) in [5, 5.41) is 5.24. The molecule has 6 rings (SSSR count). The molecule has 200 valence electrons. The van der Waals surface area contributed by atoms with Crippen LogP contribution in [-0.4, -0.2) is 0 Å². The standard InChI is InChI=1S/C37H33N.C2H6/c1-4-26(2)30-24-15-25-35(38(28-16-7-5-8-17-28)29-18-9-6-10-19-29)37(30)36-27(3)31-20-11-12-21-32(31)33-22-13-14-23-34(33)36;1-2/h5-26H,4H2,1-3H3;1-2H3. The van der Waals surface area contributed by atoms with Gasteiger partial charge in [0.25, 0.3) is 0 Å². The number of benzene rings is 6. The number of hydrogen-bond acceptors (Lipinski definition) is 1. The van der Waals surface area contributed by atoms with Gasteiger partial charge in [-0.05, 0) is 87.8 Å². The van der Waals surface area contributed by atoms with Crippen molar-refractivity contribution >= 4 is 38.6 Å². The van der Waals surface area contributed by atoms with Crippen molar-refractivity contribution in [3.05, 3.63) is 139 Å². The smallest absolute Gasteiger partial charge is 0.0543 e. The summed E-state index contributed by atoms with van der Waals surface area (Å²) in [5.41, 5.74) is 8.91. The maximum atomic E-state index is 2.42. The Kier molecular flexibility index (Phi) is 8.31. The average Bonchev–Trinajstić information content (AvgIpc) is 3.03. The molecule has 0 spiro atoms. The third-order valence-electron chi connectivity index (χ3n) is 7.93. The maximum absolute atomic E-state index is 2.42. The fourth-order valence-electron chi connectivity index (χ4n) is 5.87. The molecule has 1 unspecified atom stereocenters. The molecule has 0 N–H and O–H groups in total. The fraction of sp³-hybridized carbons (Fsp3) is 0.179. The number of fused-ring (bicyclic) bond motifs is 3. The highest BCUT2D eigenvalue weighted by Crippen LogP contribution is 2.48. The van der Waals surface area contributed by atoms with Crippen LogP contribution in [0.1, 0.15) is 51.2 Å². The minimum Gasteiger partial charge on any atom is -0.310 e. The Morgan fingerprint density at radius 2 is 1.00 bits per heavy atom. The van der Waals surface area contributed by atoms with Gasteiger partial charge in [0, 0.05) is 16.9 Å². The van der Waals surface area contributed by atoms with Crippen LogP contribution in [0.5, 0.6) is 0 Å². The van der Waals surface area contributed by atoms with Gasteiger partial charge >= 0.3 is 0 Å². The van der Waals surface area contributed by atoms with Crippen LogP contribution in [-0.2, 0) is 0 Å². The van der Waals surface area contributed by atoms with Crippen LogP contribution in [0.2, 0.25) is 0 Å². The van der Waals surface area contributed by atoms with Crippen molar-refractivity contribution in [1.82, 2.24) is 0 Å². The summed E-state index contributed by atoms with van der Waals surface area (Å²) >= 11 is 0. The van der Waals surface area contributed by atoms with Crippen molar-refractivity contribution < 1.29 is 0 Å². The van der Waals surface area contributed by atoms with E-state index in [1.807, 2.05) is 13.8 Å². The van der Waals surface area contributed by atoms with Crippen LogP contribution in [0.15, 0.2) is 127 Å². The van der Waals surface area contributed by atoms with Gasteiger partial charge in [-0.3, -0.25) is 0 Å². The minimum absolute atomic E-state index is 0.419. The van der Waals surface area contributed by atoms with Crippen LogP contribution < -0.4 is 4.90 Å². The highest BCUT2D eigenvalue weighted by atomic mass is 15.1. The molecule has 0 aliphatic heterocycles. The van der Waals surface area contributed by atoms with E-state index in [0.29, 0.717) is 5.92 Å². The first-order valence-corrected chi connectivity index (χ1v) is 14.6. The zero-order valence-corrected chi connectivity index (χ0v) is 24.4. The van der Waals surface area contributed by atoms with E-state index in [1.165, 1.54) is 49.5 Å². The summed E-state index contributed by atoms with van der Waals surface area (Å²) in [6.45, 7) is 11.0. The molecule has 0 saturated carbocycles. The van der Waals surface area contributed by atoms with Crippen LogP contribution in [0.25, 0.3) is 32.7 Å². The van der Waals surface area contributed by atoms with Crippen LogP contribution >= 0.6 is 0 Å². The molecule has 0 aliphatic rings.